The van der Waals surface area contributed by atoms with Crippen LogP contribution < -0.4 is 4.90 Å². The minimum atomic E-state index is 0.712. The number of benzene rings is 1. The third kappa shape index (κ3) is 3.43. The van der Waals surface area contributed by atoms with Crippen molar-refractivity contribution in [3.63, 3.8) is 0 Å². The van der Waals surface area contributed by atoms with Crippen molar-refractivity contribution in [3.8, 4) is 6.07 Å². The summed E-state index contributed by atoms with van der Waals surface area (Å²) >= 11 is 1.78. The molecule has 1 aromatic carbocycles. The Kier molecular flexibility index (Phi) is 4.29. The highest BCUT2D eigenvalue weighted by Crippen LogP contribution is 2.57. The molecule has 130 valence electrons. The van der Waals surface area contributed by atoms with Crippen molar-refractivity contribution in [3.05, 3.63) is 40.4 Å². The number of anilines is 2. The molecule has 0 bridgehead atoms. The fraction of sp³-hybridized carbons (Fsp3) is 0.524. The molecular formula is C21H25N3S. The van der Waals surface area contributed by atoms with Gasteiger partial charge < -0.3 is 4.90 Å². The molecular weight excluding hydrogens is 326 g/mol. The highest BCUT2D eigenvalue weighted by Gasteiger charge is 2.44. The maximum absolute atomic E-state index is 9.07. The van der Waals surface area contributed by atoms with Gasteiger partial charge in [-0.1, -0.05) is 0 Å². The molecule has 2 aromatic rings. The Bertz CT molecular complexity index is 766. The third-order valence-corrected chi connectivity index (χ3v) is 7.22. The van der Waals surface area contributed by atoms with Gasteiger partial charge in [0.05, 0.1) is 17.3 Å². The first-order valence-electron chi connectivity index (χ1n) is 9.30. The Balaban J connectivity index is 1.57. The molecule has 1 aromatic heterocycles. The molecule has 0 aliphatic heterocycles. The van der Waals surface area contributed by atoms with Crippen LogP contribution in [-0.4, -0.2) is 11.5 Å². The molecule has 1 spiro atoms. The number of aromatic nitrogens is 1. The largest absolute Gasteiger partial charge is 0.318 e. The van der Waals surface area contributed by atoms with Crippen molar-refractivity contribution in [1.29, 1.82) is 5.26 Å². The van der Waals surface area contributed by atoms with Crippen LogP contribution in [0.25, 0.3) is 0 Å². The van der Waals surface area contributed by atoms with Crippen molar-refractivity contribution in [2.75, 3.05) is 11.4 Å². The van der Waals surface area contributed by atoms with Crippen LogP contribution in [0.2, 0.25) is 0 Å². The maximum Gasteiger partial charge on any atom is 0.190 e. The molecule has 2 fully saturated rings. The van der Waals surface area contributed by atoms with Crippen LogP contribution >= 0.6 is 11.3 Å². The van der Waals surface area contributed by atoms with Crippen LogP contribution in [0.1, 0.15) is 54.7 Å². The molecule has 0 saturated heterocycles. The van der Waals surface area contributed by atoms with Gasteiger partial charge in [-0.2, -0.15) is 5.26 Å². The third-order valence-electron chi connectivity index (χ3n) is 6.12. The first kappa shape index (κ1) is 16.6. The van der Waals surface area contributed by atoms with Gasteiger partial charge in [0.25, 0.3) is 0 Å². The quantitative estimate of drug-likeness (QED) is 0.705. The summed E-state index contributed by atoms with van der Waals surface area (Å²) in [5, 5.41) is 10.2. The van der Waals surface area contributed by atoms with Crippen LogP contribution in [0.15, 0.2) is 24.3 Å². The highest BCUT2D eigenvalue weighted by atomic mass is 32.1. The first-order chi connectivity index (χ1) is 12.1. The van der Waals surface area contributed by atoms with Crippen molar-refractivity contribution in [2.45, 2.75) is 52.4 Å². The average Bonchev–Trinajstić information content (AvgIpc) is 3.31. The molecule has 0 radical (unpaired) electrons. The Labute approximate surface area is 154 Å². The predicted molar refractivity (Wildman–Crippen MR) is 103 cm³/mol. The van der Waals surface area contributed by atoms with Crippen LogP contribution in [0.4, 0.5) is 10.8 Å². The van der Waals surface area contributed by atoms with E-state index < -0.39 is 0 Å². The number of nitrogens with zero attached hydrogens (tertiary/aromatic N) is 3. The van der Waals surface area contributed by atoms with Gasteiger partial charge in [0, 0.05) is 17.1 Å². The zero-order chi connectivity index (χ0) is 17.4. The maximum atomic E-state index is 9.07. The lowest BCUT2D eigenvalue weighted by Gasteiger charge is -2.33. The minimum absolute atomic E-state index is 0.712. The lowest BCUT2D eigenvalue weighted by atomic mass is 9.79. The molecule has 3 nitrogen and oxygen atoms in total. The van der Waals surface area contributed by atoms with Crippen molar-refractivity contribution >= 4 is 22.2 Å². The molecule has 2 saturated carbocycles. The van der Waals surface area contributed by atoms with E-state index in [1.165, 1.54) is 43.4 Å². The van der Waals surface area contributed by atoms with E-state index in [0.29, 0.717) is 5.56 Å². The zero-order valence-electron chi connectivity index (χ0n) is 15.1. The number of nitriles is 1. The average molecular weight is 352 g/mol. The smallest absolute Gasteiger partial charge is 0.190 e. The van der Waals surface area contributed by atoms with Crippen molar-refractivity contribution in [2.24, 2.45) is 11.3 Å². The number of rotatable bonds is 4. The van der Waals surface area contributed by atoms with E-state index in [2.05, 4.69) is 36.9 Å². The van der Waals surface area contributed by atoms with Gasteiger partial charge in [0.15, 0.2) is 5.13 Å². The molecule has 2 aliphatic carbocycles. The van der Waals surface area contributed by atoms with E-state index in [-0.39, 0.29) is 0 Å². The molecule has 25 heavy (non-hydrogen) atoms. The van der Waals surface area contributed by atoms with Gasteiger partial charge in [0.2, 0.25) is 0 Å². The highest BCUT2D eigenvalue weighted by molar-refractivity contribution is 7.15. The number of hydrogen-bond donors (Lipinski definition) is 0. The molecule has 0 unspecified atom stereocenters. The second-order valence-corrected chi connectivity index (χ2v) is 9.03. The minimum Gasteiger partial charge on any atom is -0.318 e. The molecule has 0 atom stereocenters. The van der Waals surface area contributed by atoms with E-state index in [1.54, 1.807) is 11.3 Å². The normalized spacial score (nSPS) is 18.9. The zero-order valence-corrected chi connectivity index (χ0v) is 15.9. The van der Waals surface area contributed by atoms with E-state index in [9.17, 15) is 0 Å². The van der Waals surface area contributed by atoms with E-state index in [1.807, 2.05) is 12.1 Å². The van der Waals surface area contributed by atoms with Crippen LogP contribution in [0, 0.1) is 36.5 Å². The van der Waals surface area contributed by atoms with Crippen LogP contribution in [0.5, 0.6) is 0 Å². The second-order valence-electron chi connectivity index (χ2n) is 7.85. The number of aryl methyl sites for hydroxylation is 2. The number of thiazole rings is 1. The molecule has 4 rings (SSSR count). The van der Waals surface area contributed by atoms with Crippen molar-refractivity contribution in [1.82, 2.24) is 4.98 Å². The molecule has 4 heteroatoms. The summed E-state index contributed by atoms with van der Waals surface area (Å²) in [6.45, 7) is 5.27. The standard InChI is InChI=1S/C21H25N3S/c1-15-16(2)25-20(23-15)24(19-5-3-17(13-22)4-6-19)14-18-7-9-21(10-8-18)11-12-21/h3-6,18H,7-12,14H2,1-2H3. The number of hydrogen-bond acceptors (Lipinski definition) is 4. The summed E-state index contributed by atoms with van der Waals surface area (Å²) in [7, 11) is 0. The van der Waals surface area contributed by atoms with E-state index >= 15 is 0 Å². The lowest BCUT2D eigenvalue weighted by Crippen LogP contribution is -2.28. The Morgan fingerprint density at radius 3 is 2.36 bits per heavy atom. The first-order valence-corrected chi connectivity index (χ1v) is 10.1. The predicted octanol–water partition coefficient (Wildman–Crippen LogP) is 5.74. The summed E-state index contributed by atoms with van der Waals surface area (Å²) in [5.41, 5.74) is 3.73. The summed E-state index contributed by atoms with van der Waals surface area (Å²) in [5.74, 6) is 0.742. The summed E-state index contributed by atoms with van der Waals surface area (Å²) < 4.78 is 0. The SMILES string of the molecule is Cc1nc(N(CC2CCC3(CC2)CC3)c2ccc(C#N)cc2)sc1C. The lowest BCUT2D eigenvalue weighted by molar-refractivity contribution is 0.261. The summed E-state index contributed by atoms with van der Waals surface area (Å²) in [4.78, 5) is 8.48. The van der Waals surface area contributed by atoms with Crippen LogP contribution in [0.3, 0.4) is 0 Å². The summed E-state index contributed by atoms with van der Waals surface area (Å²) in [6, 6.07) is 10.2. The topological polar surface area (TPSA) is 39.9 Å². The monoisotopic (exact) mass is 351 g/mol. The summed E-state index contributed by atoms with van der Waals surface area (Å²) in [6.07, 6.45) is 8.43. The molecule has 2 aliphatic rings. The molecule has 0 amide bonds. The Morgan fingerprint density at radius 1 is 1.16 bits per heavy atom. The molecule has 0 N–H and O–H groups in total. The van der Waals surface area contributed by atoms with Gasteiger partial charge >= 0.3 is 0 Å². The molecule has 1 heterocycles. The van der Waals surface area contributed by atoms with E-state index in [0.717, 1.165) is 34.4 Å². The fourth-order valence-electron chi connectivity index (χ4n) is 3.99. The van der Waals surface area contributed by atoms with Gasteiger partial charge in [-0.15, -0.1) is 11.3 Å². The van der Waals surface area contributed by atoms with Crippen LogP contribution in [-0.2, 0) is 0 Å². The fourth-order valence-corrected chi connectivity index (χ4v) is 4.93. The van der Waals surface area contributed by atoms with Gasteiger partial charge in [-0.25, -0.2) is 4.98 Å². The van der Waals surface area contributed by atoms with Gasteiger partial charge in [-0.3, -0.25) is 0 Å². The van der Waals surface area contributed by atoms with Gasteiger partial charge in [-0.05, 0) is 88.0 Å². The van der Waals surface area contributed by atoms with E-state index in [4.69, 9.17) is 10.2 Å². The van der Waals surface area contributed by atoms with Crippen molar-refractivity contribution < 1.29 is 0 Å². The second kappa shape index (κ2) is 6.46. The van der Waals surface area contributed by atoms with Gasteiger partial charge in [0.1, 0.15) is 0 Å². The Hall–Kier alpha value is -1.86. The Morgan fingerprint density at radius 2 is 1.84 bits per heavy atom.